The molecule has 0 unspecified atom stereocenters. The molecule has 0 fully saturated rings. The van der Waals surface area contributed by atoms with E-state index >= 15 is 0 Å². The normalized spacial score (nSPS) is 13.3. The highest BCUT2D eigenvalue weighted by Gasteiger charge is 2.32. The lowest BCUT2D eigenvalue weighted by molar-refractivity contribution is -0.111. The minimum absolute atomic E-state index is 0.0152. The third-order valence-electron chi connectivity index (χ3n) is 5.87. The Morgan fingerprint density at radius 1 is 0.806 bits per heavy atom. The van der Waals surface area contributed by atoms with Crippen molar-refractivity contribution in [3.63, 3.8) is 0 Å². The van der Waals surface area contributed by atoms with Crippen molar-refractivity contribution in [3.8, 4) is 0 Å². The Morgan fingerprint density at radius 2 is 1.16 bits per heavy atom. The summed E-state index contributed by atoms with van der Waals surface area (Å²) in [7, 11) is 1.71. The van der Waals surface area contributed by atoms with E-state index in [2.05, 4.69) is 85.0 Å². The molecule has 1 amide bonds. The number of nitrogens with two attached hydrogens (primary N) is 1. The van der Waals surface area contributed by atoms with Crippen LogP contribution in [-0.2, 0) is 20.4 Å². The van der Waals surface area contributed by atoms with Crippen molar-refractivity contribution in [1.82, 2.24) is 5.32 Å². The number of hydrogen-bond acceptors (Lipinski definition) is 3. The van der Waals surface area contributed by atoms with Gasteiger partial charge in [-0.3, -0.25) is 4.79 Å². The number of hydrogen-bond donors (Lipinski definition) is 2. The van der Waals surface area contributed by atoms with Crippen molar-refractivity contribution in [2.75, 3.05) is 13.7 Å². The average molecular weight is 435 g/mol. The molecule has 4 heteroatoms. The lowest BCUT2D eigenvalue weighted by Gasteiger charge is -2.37. The van der Waals surface area contributed by atoms with Gasteiger partial charge in [0.15, 0.2) is 0 Å². The molecule has 1 aromatic rings. The Labute approximate surface area is 192 Å². The van der Waals surface area contributed by atoms with Gasteiger partial charge in [-0.25, -0.2) is 0 Å². The Morgan fingerprint density at radius 3 is 1.45 bits per heavy atom. The van der Waals surface area contributed by atoms with E-state index in [1.165, 1.54) is 11.1 Å². The molecule has 0 saturated heterocycles. The second-order valence-electron chi connectivity index (χ2n) is 12.5. The zero-order chi connectivity index (χ0) is 24.7. The van der Waals surface area contributed by atoms with Gasteiger partial charge in [0.05, 0.1) is 5.60 Å². The molecule has 180 valence electrons. The second kappa shape index (κ2) is 11.0. The van der Waals surface area contributed by atoms with E-state index in [1.54, 1.807) is 7.11 Å². The summed E-state index contributed by atoms with van der Waals surface area (Å²) in [5, 5.41) is 2.92. The van der Waals surface area contributed by atoms with Crippen LogP contribution in [0.1, 0.15) is 100 Å². The Bertz CT molecular complexity index is 665. The number of rotatable bonds is 9. The smallest absolute Gasteiger partial charge is 0.207 e. The number of carbonyl (C=O) groups is 1. The molecular weight excluding hydrogens is 384 g/mol. The van der Waals surface area contributed by atoms with Gasteiger partial charge in [0.25, 0.3) is 0 Å². The molecule has 0 spiro atoms. The number of carbonyl (C=O) groups excluding carboxylic acids is 1. The van der Waals surface area contributed by atoms with Crippen LogP contribution in [0.3, 0.4) is 0 Å². The fraction of sp³-hybridized carbons (Fsp3) is 0.741. The maximum atomic E-state index is 10.8. The summed E-state index contributed by atoms with van der Waals surface area (Å²) in [6.07, 6.45) is 2.72. The van der Waals surface area contributed by atoms with Crippen LogP contribution in [0.25, 0.3) is 0 Å². The molecular formula is C27H50N2O2. The van der Waals surface area contributed by atoms with E-state index in [4.69, 9.17) is 10.5 Å². The quantitative estimate of drug-likeness (QED) is 0.471. The SMILES string of the molecule is CC(C)(CN)CC(C)(C)c1ccc(C(C)(C)CC(C)(C)NC=O)cc1.COC(C)(C)C. The van der Waals surface area contributed by atoms with E-state index in [0.717, 1.165) is 19.3 Å². The number of nitrogens with one attached hydrogen (secondary N) is 1. The number of benzene rings is 1. The molecule has 4 nitrogen and oxygen atoms in total. The lowest BCUT2D eigenvalue weighted by Crippen LogP contribution is -2.43. The first-order valence-electron chi connectivity index (χ1n) is 11.4. The summed E-state index contributed by atoms with van der Waals surface area (Å²) < 4.78 is 4.94. The molecule has 0 bridgehead atoms. The molecule has 0 radical (unpaired) electrons. The van der Waals surface area contributed by atoms with Crippen LogP contribution in [-0.4, -0.2) is 31.2 Å². The van der Waals surface area contributed by atoms with Crippen LogP contribution < -0.4 is 11.1 Å². The third kappa shape index (κ3) is 11.2. The summed E-state index contributed by atoms with van der Waals surface area (Å²) in [5.74, 6) is 0. The third-order valence-corrected chi connectivity index (χ3v) is 5.87. The number of ether oxygens (including phenoxy) is 1. The molecule has 0 aliphatic heterocycles. The summed E-state index contributed by atoms with van der Waals surface area (Å²) in [4.78, 5) is 10.8. The van der Waals surface area contributed by atoms with Gasteiger partial charge in [-0.15, -0.1) is 0 Å². The van der Waals surface area contributed by atoms with Gasteiger partial charge in [-0.2, -0.15) is 0 Å². The second-order valence-corrected chi connectivity index (χ2v) is 12.5. The average Bonchev–Trinajstić information content (AvgIpc) is 2.60. The van der Waals surface area contributed by atoms with Gasteiger partial charge in [-0.1, -0.05) is 65.8 Å². The van der Waals surface area contributed by atoms with Crippen LogP contribution in [0.15, 0.2) is 24.3 Å². The number of methoxy groups -OCH3 is 1. The van der Waals surface area contributed by atoms with Crippen molar-refractivity contribution in [1.29, 1.82) is 0 Å². The maximum absolute atomic E-state index is 10.8. The first-order chi connectivity index (χ1) is 13.8. The predicted molar refractivity (Wildman–Crippen MR) is 135 cm³/mol. The zero-order valence-electron chi connectivity index (χ0n) is 22.4. The van der Waals surface area contributed by atoms with E-state index in [1.807, 2.05) is 20.8 Å². The molecule has 31 heavy (non-hydrogen) atoms. The molecule has 0 aromatic heterocycles. The summed E-state index contributed by atoms with van der Waals surface area (Å²) in [6, 6.07) is 8.99. The van der Waals surface area contributed by atoms with Crippen LogP contribution >= 0.6 is 0 Å². The molecule has 0 saturated carbocycles. The molecule has 1 rings (SSSR count). The van der Waals surface area contributed by atoms with E-state index in [0.29, 0.717) is 6.54 Å². The van der Waals surface area contributed by atoms with Gasteiger partial charge < -0.3 is 15.8 Å². The van der Waals surface area contributed by atoms with Crippen LogP contribution in [0.5, 0.6) is 0 Å². The Hall–Kier alpha value is -1.39. The highest BCUT2D eigenvalue weighted by molar-refractivity contribution is 5.47. The minimum Gasteiger partial charge on any atom is -0.379 e. The predicted octanol–water partition coefficient (Wildman–Crippen LogP) is 5.96. The lowest BCUT2D eigenvalue weighted by atomic mass is 9.70. The van der Waals surface area contributed by atoms with E-state index in [-0.39, 0.29) is 27.4 Å². The van der Waals surface area contributed by atoms with Gasteiger partial charge >= 0.3 is 0 Å². The van der Waals surface area contributed by atoms with Gasteiger partial charge in [-0.05, 0) is 81.4 Å². The van der Waals surface area contributed by atoms with Crippen LogP contribution in [0, 0.1) is 5.41 Å². The monoisotopic (exact) mass is 434 g/mol. The molecule has 1 aromatic carbocycles. The number of amides is 1. The first kappa shape index (κ1) is 29.6. The molecule has 0 heterocycles. The summed E-state index contributed by atoms with van der Waals surface area (Å²) in [6.45, 7) is 24.4. The molecule has 0 aliphatic carbocycles. The molecule has 3 N–H and O–H groups in total. The van der Waals surface area contributed by atoms with Crippen molar-refractivity contribution in [2.24, 2.45) is 11.1 Å². The van der Waals surface area contributed by atoms with Crippen LogP contribution in [0.2, 0.25) is 0 Å². The van der Waals surface area contributed by atoms with Gasteiger partial charge in [0.1, 0.15) is 0 Å². The maximum Gasteiger partial charge on any atom is 0.207 e. The fourth-order valence-electron chi connectivity index (χ4n) is 4.16. The summed E-state index contributed by atoms with van der Waals surface area (Å²) in [5.41, 5.74) is 8.59. The fourth-order valence-corrected chi connectivity index (χ4v) is 4.16. The van der Waals surface area contributed by atoms with E-state index < -0.39 is 0 Å². The van der Waals surface area contributed by atoms with E-state index in [9.17, 15) is 4.79 Å². The zero-order valence-corrected chi connectivity index (χ0v) is 22.4. The standard InChI is InChI=1S/C22H38N2O.C5H12O/c1-19(2,15-23)13-20(3,4)17-9-11-18(12-10-17)21(5,6)14-22(7,8)24-16-25;1-5(2,3)6-4/h9-12,16H,13-15,23H2,1-8H3,(H,24,25);1-4H3. The highest BCUT2D eigenvalue weighted by atomic mass is 16.5. The minimum atomic E-state index is -0.228. The van der Waals surface area contributed by atoms with Crippen molar-refractivity contribution < 1.29 is 9.53 Å². The summed E-state index contributed by atoms with van der Waals surface area (Å²) >= 11 is 0. The van der Waals surface area contributed by atoms with Crippen molar-refractivity contribution in [3.05, 3.63) is 35.4 Å². The van der Waals surface area contributed by atoms with Crippen molar-refractivity contribution in [2.45, 2.75) is 111 Å². The highest BCUT2D eigenvalue weighted by Crippen LogP contribution is 2.38. The van der Waals surface area contributed by atoms with Gasteiger partial charge in [0.2, 0.25) is 6.41 Å². The topological polar surface area (TPSA) is 64.3 Å². The Kier molecular flexibility index (Phi) is 10.5. The molecule has 0 aliphatic rings. The van der Waals surface area contributed by atoms with Gasteiger partial charge in [0, 0.05) is 12.6 Å². The Balaban J connectivity index is 0.00000131. The first-order valence-corrected chi connectivity index (χ1v) is 11.4. The molecule has 0 atom stereocenters. The van der Waals surface area contributed by atoms with Crippen molar-refractivity contribution >= 4 is 6.41 Å². The van der Waals surface area contributed by atoms with Crippen LogP contribution in [0.4, 0.5) is 0 Å². The largest absolute Gasteiger partial charge is 0.379 e.